The zero-order valence-electron chi connectivity index (χ0n) is 12.4. The second kappa shape index (κ2) is 5.97. The van der Waals surface area contributed by atoms with Gasteiger partial charge in [0.1, 0.15) is 5.82 Å². The average Bonchev–Trinajstić information content (AvgIpc) is 2.53. The zero-order valence-corrected chi connectivity index (χ0v) is 12.4. The Kier molecular flexibility index (Phi) is 3.87. The summed E-state index contributed by atoms with van der Waals surface area (Å²) in [5.74, 6) is 0.156. The number of aromatic nitrogens is 1. The molecule has 22 heavy (non-hydrogen) atoms. The molecule has 2 amide bonds. The van der Waals surface area contributed by atoms with Gasteiger partial charge in [0.25, 0.3) is 5.91 Å². The fourth-order valence-corrected chi connectivity index (χ4v) is 2.66. The van der Waals surface area contributed by atoms with Crippen molar-refractivity contribution in [2.45, 2.75) is 19.9 Å². The number of nitrogens with zero attached hydrogens (tertiary/aromatic N) is 2. The Labute approximate surface area is 129 Å². The van der Waals surface area contributed by atoms with E-state index in [2.05, 4.69) is 22.4 Å². The zero-order chi connectivity index (χ0) is 15.5. The van der Waals surface area contributed by atoms with Gasteiger partial charge in [-0.1, -0.05) is 24.3 Å². The summed E-state index contributed by atoms with van der Waals surface area (Å²) in [7, 11) is 0. The van der Waals surface area contributed by atoms with Crippen LogP contribution in [0.5, 0.6) is 0 Å². The maximum Gasteiger partial charge on any atom is 0.254 e. The highest BCUT2D eigenvalue weighted by Gasteiger charge is 2.21. The molecule has 1 aliphatic heterocycles. The fourth-order valence-electron chi connectivity index (χ4n) is 2.66. The van der Waals surface area contributed by atoms with Crippen LogP contribution in [-0.2, 0) is 17.8 Å². The third-order valence-electron chi connectivity index (χ3n) is 3.73. The Morgan fingerprint density at radius 3 is 2.73 bits per heavy atom. The van der Waals surface area contributed by atoms with Crippen molar-refractivity contribution in [3.8, 4) is 0 Å². The van der Waals surface area contributed by atoms with Crippen molar-refractivity contribution in [3.05, 3.63) is 59.3 Å². The summed E-state index contributed by atoms with van der Waals surface area (Å²) in [6, 6.07) is 11.5. The molecule has 0 saturated heterocycles. The van der Waals surface area contributed by atoms with E-state index in [0.717, 1.165) is 6.42 Å². The van der Waals surface area contributed by atoms with Gasteiger partial charge in [-0.3, -0.25) is 9.59 Å². The molecule has 0 fully saturated rings. The molecule has 0 unspecified atom stereocenters. The number of anilines is 1. The van der Waals surface area contributed by atoms with E-state index in [1.165, 1.54) is 24.2 Å². The largest absolute Gasteiger partial charge is 0.334 e. The normalized spacial score (nSPS) is 13.4. The molecule has 1 aromatic heterocycles. The van der Waals surface area contributed by atoms with E-state index in [4.69, 9.17) is 0 Å². The van der Waals surface area contributed by atoms with Crippen molar-refractivity contribution >= 4 is 17.6 Å². The third kappa shape index (κ3) is 2.98. The first-order chi connectivity index (χ1) is 10.6. The van der Waals surface area contributed by atoms with E-state index in [1.54, 1.807) is 12.1 Å². The van der Waals surface area contributed by atoms with E-state index in [9.17, 15) is 9.59 Å². The Morgan fingerprint density at radius 2 is 1.95 bits per heavy atom. The predicted octanol–water partition coefficient (Wildman–Crippen LogP) is 2.24. The number of nitrogens with one attached hydrogen (secondary N) is 1. The van der Waals surface area contributed by atoms with Crippen molar-refractivity contribution < 1.29 is 9.59 Å². The Morgan fingerprint density at radius 1 is 1.18 bits per heavy atom. The number of hydrogen-bond donors (Lipinski definition) is 1. The van der Waals surface area contributed by atoms with Gasteiger partial charge in [0.15, 0.2) is 0 Å². The van der Waals surface area contributed by atoms with E-state index >= 15 is 0 Å². The molecule has 3 rings (SSSR count). The summed E-state index contributed by atoms with van der Waals surface area (Å²) in [4.78, 5) is 29.6. The minimum absolute atomic E-state index is 0.0384. The predicted molar refractivity (Wildman–Crippen MR) is 83.4 cm³/mol. The maximum atomic E-state index is 12.6. The number of carbonyl (C=O) groups is 2. The number of pyridine rings is 1. The Hall–Kier alpha value is -2.69. The quantitative estimate of drug-likeness (QED) is 0.924. The van der Waals surface area contributed by atoms with Gasteiger partial charge in [-0.2, -0.15) is 0 Å². The highest BCUT2D eigenvalue weighted by atomic mass is 16.2. The van der Waals surface area contributed by atoms with Crippen LogP contribution in [0.15, 0.2) is 42.6 Å². The molecule has 1 aliphatic rings. The van der Waals surface area contributed by atoms with Crippen molar-refractivity contribution in [2.24, 2.45) is 0 Å². The molecular weight excluding hydrogens is 278 g/mol. The summed E-state index contributed by atoms with van der Waals surface area (Å²) in [6.45, 7) is 2.73. The van der Waals surface area contributed by atoms with Crippen LogP contribution in [0, 0.1) is 0 Å². The van der Waals surface area contributed by atoms with E-state index in [1.807, 2.05) is 17.0 Å². The van der Waals surface area contributed by atoms with Crippen LogP contribution in [0.3, 0.4) is 0 Å². The first kappa shape index (κ1) is 14.3. The van der Waals surface area contributed by atoms with Crippen LogP contribution >= 0.6 is 0 Å². The lowest BCUT2D eigenvalue weighted by atomic mass is 9.99. The molecule has 2 heterocycles. The lowest BCUT2D eigenvalue weighted by Crippen LogP contribution is -2.36. The van der Waals surface area contributed by atoms with Crippen LogP contribution < -0.4 is 5.32 Å². The highest BCUT2D eigenvalue weighted by Crippen LogP contribution is 2.20. The van der Waals surface area contributed by atoms with Gasteiger partial charge in [-0.05, 0) is 29.7 Å². The maximum absolute atomic E-state index is 12.6. The Bertz CT molecular complexity index is 727. The van der Waals surface area contributed by atoms with Crippen molar-refractivity contribution in [1.82, 2.24) is 9.88 Å². The average molecular weight is 295 g/mol. The molecule has 0 bridgehead atoms. The second-order valence-corrected chi connectivity index (χ2v) is 5.36. The van der Waals surface area contributed by atoms with Crippen LogP contribution in [0.4, 0.5) is 5.82 Å². The summed E-state index contributed by atoms with van der Waals surface area (Å²) < 4.78 is 0. The van der Waals surface area contributed by atoms with Gasteiger partial charge < -0.3 is 10.2 Å². The number of rotatable bonds is 2. The van der Waals surface area contributed by atoms with Crippen molar-refractivity contribution in [3.63, 3.8) is 0 Å². The smallest absolute Gasteiger partial charge is 0.254 e. The summed E-state index contributed by atoms with van der Waals surface area (Å²) in [5, 5.41) is 2.60. The van der Waals surface area contributed by atoms with Crippen LogP contribution in [0.25, 0.3) is 0 Å². The lowest BCUT2D eigenvalue weighted by molar-refractivity contribution is -0.114. The SMILES string of the molecule is CC(=O)Nc1cc(C(=O)N2CCc3ccccc3C2)ccn1. The third-order valence-corrected chi connectivity index (χ3v) is 3.73. The van der Waals surface area contributed by atoms with Gasteiger partial charge in [0, 0.05) is 31.8 Å². The van der Waals surface area contributed by atoms with Gasteiger partial charge >= 0.3 is 0 Å². The minimum Gasteiger partial charge on any atom is -0.334 e. The molecule has 5 heteroatoms. The molecule has 0 atom stereocenters. The van der Waals surface area contributed by atoms with Crippen LogP contribution in [0.2, 0.25) is 0 Å². The molecule has 2 aromatic rings. The number of carbonyl (C=O) groups excluding carboxylic acids is 2. The number of amides is 2. The molecule has 1 aromatic carbocycles. The minimum atomic E-state index is -0.205. The highest BCUT2D eigenvalue weighted by molar-refractivity contribution is 5.96. The van der Waals surface area contributed by atoms with Crippen LogP contribution in [0.1, 0.15) is 28.4 Å². The van der Waals surface area contributed by atoms with Gasteiger partial charge in [0.05, 0.1) is 0 Å². The first-order valence-corrected chi connectivity index (χ1v) is 7.23. The summed E-state index contributed by atoms with van der Waals surface area (Å²) in [5.41, 5.74) is 3.04. The summed E-state index contributed by atoms with van der Waals surface area (Å²) >= 11 is 0. The first-order valence-electron chi connectivity index (χ1n) is 7.23. The molecule has 0 spiro atoms. The van der Waals surface area contributed by atoms with Crippen LogP contribution in [-0.4, -0.2) is 28.2 Å². The van der Waals surface area contributed by atoms with Gasteiger partial charge in [-0.25, -0.2) is 4.98 Å². The topological polar surface area (TPSA) is 62.3 Å². The molecule has 0 saturated carbocycles. The summed E-state index contributed by atoms with van der Waals surface area (Å²) in [6.07, 6.45) is 2.40. The van der Waals surface area contributed by atoms with Crippen molar-refractivity contribution in [1.29, 1.82) is 0 Å². The monoisotopic (exact) mass is 295 g/mol. The molecule has 5 nitrogen and oxygen atoms in total. The Balaban J connectivity index is 1.79. The standard InChI is InChI=1S/C17H17N3O2/c1-12(21)19-16-10-14(6-8-18-16)17(22)20-9-7-13-4-2-3-5-15(13)11-20/h2-6,8,10H,7,9,11H2,1H3,(H,18,19,21). The van der Waals surface area contributed by atoms with Gasteiger partial charge in [-0.15, -0.1) is 0 Å². The number of benzene rings is 1. The molecular formula is C17H17N3O2. The molecule has 112 valence electrons. The van der Waals surface area contributed by atoms with Gasteiger partial charge in [0.2, 0.25) is 5.91 Å². The number of fused-ring (bicyclic) bond motifs is 1. The molecule has 0 aliphatic carbocycles. The van der Waals surface area contributed by atoms with E-state index in [-0.39, 0.29) is 11.8 Å². The lowest BCUT2D eigenvalue weighted by Gasteiger charge is -2.29. The molecule has 1 N–H and O–H groups in total. The van der Waals surface area contributed by atoms with Crippen molar-refractivity contribution in [2.75, 3.05) is 11.9 Å². The van der Waals surface area contributed by atoms with E-state index < -0.39 is 0 Å². The second-order valence-electron chi connectivity index (χ2n) is 5.36. The number of hydrogen-bond acceptors (Lipinski definition) is 3. The van der Waals surface area contributed by atoms with E-state index in [0.29, 0.717) is 24.5 Å². The molecule has 0 radical (unpaired) electrons. The fraction of sp³-hybridized carbons (Fsp3) is 0.235.